The molecular formula is C24H15BrClFN2O3. The zero-order chi connectivity index (χ0) is 22.8. The molecule has 1 N–H and O–H groups in total. The van der Waals surface area contributed by atoms with Crippen LogP contribution >= 0.6 is 27.5 Å². The molecule has 0 spiro atoms. The molecule has 0 aromatic heterocycles. The van der Waals surface area contributed by atoms with E-state index in [0.29, 0.717) is 17.0 Å². The van der Waals surface area contributed by atoms with Crippen LogP contribution in [0.25, 0.3) is 6.08 Å². The van der Waals surface area contributed by atoms with Crippen molar-refractivity contribution in [3.63, 3.8) is 0 Å². The van der Waals surface area contributed by atoms with Crippen molar-refractivity contribution in [2.75, 3.05) is 4.90 Å². The summed E-state index contributed by atoms with van der Waals surface area (Å²) in [6, 6.07) is 17.0. The van der Waals surface area contributed by atoms with Crippen molar-refractivity contribution in [2.45, 2.75) is 6.42 Å². The number of hydrogen-bond donors (Lipinski definition) is 1. The van der Waals surface area contributed by atoms with Crippen LogP contribution in [0.3, 0.4) is 0 Å². The summed E-state index contributed by atoms with van der Waals surface area (Å²) < 4.78 is 14.4. The summed E-state index contributed by atoms with van der Waals surface area (Å²) in [4.78, 5) is 38.9. The summed E-state index contributed by atoms with van der Waals surface area (Å²) in [6.45, 7) is 0. The number of halogens is 3. The Kier molecular flexibility index (Phi) is 6.21. The lowest BCUT2D eigenvalue weighted by molar-refractivity contribution is -0.122. The number of urea groups is 1. The third-order valence-electron chi connectivity index (χ3n) is 4.86. The van der Waals surface area contributed by atoms with Crippen molar-refractivity contribution in [1.82, 2.24) is 5.32 Å². The van der Waals surface area contributed by atoms with Gasteiger partial charge in [-0.3, -0.25) is 14.9 Å². The van der Waals surface area contributed by atoms with Crippen molar-refractivity contribution in [1.29, 1.82) is 0 Å². The largest absolute Gasteiger partial charge is 0.335 e. The molecule has 0 aliphatic carbocycles. The molecule has 0 saturated carbocycles. The Balaban J connectivity index is 1.75. The van der Waals surface area contributed by atoms with E-state index >= 15 is 0 Å². The van der Waals surface area contributed by atoms with E-state index in [9.17, 15) is 18.8 Å². The monoisotopic (exact) mass is 512 g/mol. The second kappa shape index (κ2) is 9.06. The van der Waals surface area contributed by atoms with Crippen molar-refractivity contribution in [2.24, 2.45) is 0 Å². The fraction of sp³-hybridized carbons (Fsp3) is 0.0417. The number of nitrogens with one attached hydrogen (secondary N) is 1. The molecule has 1 heterocycles. The van der Waals surface area contributed by atoms with Crippen molar-refractivity contribution in [3.8, 4) is 0 Å². The highest BCUT2D eigenvalue weighted by Gasteiger charge is 2.37. The molecule has 0 atom stereocenters. The first-order valence-corrected chi connectivity index (χ1v) is 10.7. The molecule has 32 heavy (non-hydrogen) atoms. The van der Waals surface area contributed by atoms with Gasteiger partial charge in [0.15, 0.2) is 0 Å². The standard InChI is InChI=1S/C24H15BrClFN2O3/c25-17-8-7-15(9-14-3-1-5-19(27)10-14)16(11-17)12-21-22(30)28-24(32)29(23(21)31)20-6-2-4-18(26)13-20/h1-8,10-13H,9H2,(H,28,30,32)/b21-12+. The van der Waals surface area contributed by atoms with Gasteiger partial charge >= 0.3 is 6.03 Å². The number of anilines is 1. The number of carbonyl (C=O) groups excluding carboxylic acids is 3. The van der Waals surface area contributed by atoms with Crippen LogP contribution < -0.4 is 10.2 Å². The van der Waals surface area contributed by atoms with E-state index in [2.05, 4.69) is 21.2 Å². The Hall–Kier alpha value is -3.29. The number of rotatable bonds is 4. The number of imide groups is 2. The average Bonchev–Trinajstić information content (AvgIpc) is 2.73. The van der Waals surface area contributed by atoms with Crippen LogP contribution in [0.4, 0.5) is 14.9 Å². The highest BCUT2D eigenvalue weighted by atomic mass is 79.9. The van der Waals surface area contributed by atoms with Crippen molar-refractivity contribution >= 4 is 57.1 Å². The van der Waals surface area contributed by atoms with Crippen LogP contribution in [-0.4, -0.2) is 17.8 Å². The maximum atomic E-state index is 13.6. The fourth-order valence-corrected chi connectivity index (χ4v) is 3.95. The van der Waals surface area contributed by atoms with Gasteiger partial charge in [-0.1, -0.05) is 51.8 Å². The van der Waals surface area contributed by atoms with Gasteiger partial charge < -0.3 is 0 Å². The Bertz CT molecular complexity index is 1290. The number of hydrogen-bond acceptors (Lipinski definition) is 3. The highest BCUT2D eigenvalue weighted by Crippen LogP contribution is 2.27. The smallest absolute Gasteiger partial charge is 0.273 e. The van der Waals surface area contributed by atoms with E-state index in [1.165, 1.54) is 24.3 Å². The molecule has 0 bridgehead atoms. The lowest BCUT2D eigenvalue weighted by atomic mass is 9.97. The van der Waals surface area contributed by atoms with Crippen molar-refractivity contribution in [3.05, 3.63) is 104 Å². The maximum Gasteiger partial charge on any atom is 0.335 e. The molecule has 4 rings (SSSR count). The fourth-order valence-electron chi connectivity index (χ4n) is 3.39. The van der Waals surface area contributed by atoms with Gasteiger partial charge in [0, 0.05) is 9.50 Å². The number of amides is 4. The third kappa shape index (κ3) is 4.64. The molecule has 0 unspecified atom stereocenters. The van der Waals surface area contributed by atoms with Gasteiger partial charge in [-0.25, -0.2) is 14.1 Å². The van der Waals surface area contributed by atoms with E-state index in [1.807, 2.05) is 12.1 Å². The molecule has 0 radical (unpaired) electrons. The second-order valence-electron chi connectivity index (χ2n) is 7.09. The third-order valence-corrected chi connectivity index (χ3v) is 5.59. The van der Waals surface area contributed by atoms with E-state index < -0.39 is 17.8 Å². The predicted octanol–water partition coefficient (Wildman–Crippen LogP) is 5.50. The number of benzene rings is 3. The molecule has 5 nitrogen and oxygen atoms in total. The van der Waals surface area contributed by atoms with E-state index in [-0.39, 0.29) is 17.1 Å². The molecule has 4 amide bonds. The number of nitrogens with zero attached hydrogens (tertiary/aromatic N) is 1. The van der Waals surface area contributed by atoms with Gasteiger partial charge in [0.1, 0.15) is 11.4 Å². The molecule has 160 valence electrons. The molecule has 3 aromatic carbocycles. The second-order valence-corrected chi connectivity index (χ2v) is 8.44. The minimum Gasteiger partial charge on any atom is -0.273 e. The minimum absolute atomic E-state index is 0.205. The van der Waals surface area contributed by atoms with Crippen LogP contribution in [0.1, 0.15) is 16.7 Å². The first-order valence-electron chi connectivity index (χ1n) is 9.52. The number of barbiturate groups is 1. The molecule has 1 aliphatic rings. The molecule has 1 fully saturated rings. The van der Waals surface area contributed by atoms with Crippen LogP contribution in [0.2, 0.25) is 5.02 Å². The zero-order valence-electron chi connectivity index (χ0n) is 16.4. The van der Waals surface area contributed by atoms with Gasteiger partial charge in [0.05, 0.1) is 5.69 Å². The predicted molar refractivity (Wildman–Crippen MR) is 124 cm³/mol. The molecule has 8 heteroatoms. The van der Waals surface area contributed by atoms with E-state index in [0.717, 1.165) is 20.5 Å². The lowest BCUT2D eigenvalue weighted by Crippen LogP contribution is -2.54. The lowest BCUT2D eigenvalue weighted by Gasteiger charge is -2.26. The van der Waals surface area contributed by atoms with E-state index in [1.54, 1.807) is 36.4 Å². The van der Waals surface area contributed by atoms with Gasteiger partial charge in [0.2, 0.25) is 0 Å². The Morgan fingerprint density at radius 2 is 1.78 bits per heavy atom. The maximum absolute atomic E-state index is 13.6. The van der Waals surface area contributed by atoms with Gasteiger partial charge in [-0.05, 0) is 71.7 Å². The quantitative estimate of drug-likeness (QED) is 0.370. The SMILES string of the molecule is O=C1NC(=O)N(c2cccc(Cl)c2)C(=O)/C1=C/c1cc(Br)ccc1Cc1cccc(F)c1. The Morgan fingerprint density at radius 3 is 2.53 bits per heavy atom. The summed E-state index contributed by atoms with van der Waals surface area (Å²) in [7, 11) is 0. The summed E-state index contributed by atoms with van der Waals surface area (Å²) in [5.74, 6) is -1.91. The minimum atomic E-state index is -0.853. The number of carbonyl (C=O) groups is 3. The van der Waals surface area contributed by atoms with Crippen LogP contribution in [0, 0.1) is 5.82 Å². The highest BCUT2D eigenvalue weighted by molar-refractivity contribution is 9.10. The topological polar surface area (TPSA) is 66.5 Å². The zero-order valence-corrected chi connectivity index (χ0v) is 18.8. The average molecular weight is 514 g/mol. The summed E-state index contributed by atoms with van der Waals surface area (Å²) in [6.07, 6.45) is 1.82. The van der Waals surface area contributed by atoms with Gasteiger partial charge in [-0.15, -0.1) is 0 Å². The molecule has 3 aromatic rings. The first kappa shape index (κ1) is 21.9. The van der Waals surface area contributed by atoms with Gasteiger partial charge in [-0.2, -0.15) is 0 Å². The first-order chi connectivity index (χ1) is 15.3. The Labute approximate surface area is 196 Å². The van der Waals surface area contributed by atoms with Crippen LogP contribution in [0.15, 0.2) is 76.8 Å². The van der Waals surface area contributed by atoms with Crippen LogP contribution in [-0.2, 0) is 16.0 Å². The Morgan fingerprint density at radius 1 is 1.00 bits per heavy atom. The molecule has 1 aliphatic heterocycles. The molecule has 1 saturated heterocycles. The molecular weight excluding hydrogens is 499 g/mol. The van der Waals surface area contributed by atoms with Gasteiger partial charge in [0.25, 0.3) is 11.8 Å². The normalized spacial score (nSPS) is 15.3. The summed E-state index contributed by atoms with van der Waals surface area (Å²) in [5.41, 5.74) is 2.14. The summed E-state index contributed by atoms with van der Waals surface area (Å²) >= 11 is 9.40. The summed E-state index contributed by atoms with van der Waals surface area (Å²) in [5, 5.41) is 2.54. The van der Waals surface area contributed by atoms with E-state index in [4.69, 9.17) is 11.6 Å². The van der Waals surface area contributed by atoms with Crippen molar-refractivity contribution < 1.29 is 18.8 Å². The van der Waals surface area contributed by atoms with Crippen LogP contribution in [0.5, 0.6) is 0 Å².